The average molecular weight is 426 g/mol. The lowest BCUT2D eigenvalue weighted by atomic mass is 10.1. The van der Waals surface area contributed by atoms with Crippen LogP contribution in [-0.4, -0.2) is 47.0 Å². The first-order valence-electron chi connectivity index (χ1n) is 9.79. The van der Waals surface area contributed by atoms with Gasteiger partial charge in [0.05, 0.1) is 28.0 Å². The first kappa shape index (κ1) is 20.2. The Bertz CT molecular complexity index is 1190. The smallest absolute Gasteiger partial charge is 0.260 e. The third-order valence-electron chi connectivity index (χ3n) is 5.16. The molecule has 0 unspecified atom stereocenters. The SMILES string of the molecule is C/C(=N\NC(=O)Cn1cnc2ccccc21)c1ccc(S(=O)(=O)N2CCCC2)cc1. The number of hydrazone groups is 1. The number of hydrogen-bond donors (Lipinski definition) is 1. The highest BCUT2D eigenvalue weighted by atomic mass is 32.2. The lowest BCUT2D eigenvalue weighted by Gasteiger charge is -2.15. The van der Waals surface area contributed by atoms with Gasteiger partial charge in [0.1, 0.15) is 6.54 Å². The van der Waals surface area contributed by atoms with Gasteiger partial charge < -0.3 is 4.57 Å². The van der Waals surface area contributed by atoms with Crippen LogP contribution < -0.4 is 5.43 Å². The van der Waals surface area contributed by atoms with Crippen LogP contribution >= 0.6 is 0 Å². The minimum absolute atomic E-state index is 0.101. The number of para-hydroxylation sites is 2. The van der Waals surface area contributed by atoms with Gasteiger partial charge in [-0.3, -0.25) is 4.79 Å². The lowest BCUT2D eigenvalue weighted by molar-refractivity contribution is -0.121. The Labute approximate surface area is 175 Å². The van der Waals surface area contributed by atoms with Gasteiger partial charge in [0.25, 0.3) is 5.91 Å². The van der Waals surface area contributed by atoms with Crippen LogP contribution in [-0.2, 0) is 21.4 Å². The molecule has 1 aromatic heterocycles. The number of carbonyl (C=O) groups is 1. The van der Waals surface area contributed by atoms with Gasteiger partial charge in [-0.25, -0.2) is 18.8 Å². The van der Waals surface area contributed by atoms with E-state index in [1.54, 1.807) is 42.1 Å². The minimum Gasteiger partial charge on any atom is -0.321 e. The van der Waals surface area contributed by atoms with Gasteiger partial charge in [-0.1, -0.05) is 24.3 Å². The Morgan fingerprint density at radius 2 is 1.80 bits per heavy atom. The summed E-state index contributed by atoms with van der Waals surface area (Å²) in [4.78, 5) is 16.8. The number of amides is 1. The third-order valence-corrected chi connectivity index (χ3v) is 7.08. The molecule has 1 amide bonds. The summed E-state index contributed by atoms with van der Waals surface area (Å²) in [5, 5.41) is 4.15. The van der Waals surface area contributed by atoms with Crippen LogP contribution in [0, 0.1) is 0 Å². The molecule has 0 spiro atoms. The number of carbonyl (C=O) groups excluding carboxylic acids is 1. The molecule has 30 heavy (non-hydrogen) atoms. The van der Waals surface area contributed by atoms with Gasteiger partial charge in [-0.15, -0.1) is 0 Å². The van der Waals surface area contributed by atoms with Gasteiger partial charge in [0, 0.05) is 13.1 Å². The predicted octanol–water partition coefficient (Wildman–Crippen LogP) is 2.36. The molecule has 1 fully saturated rings. The van der Waals surface area contributed by atoms with E-state index in [2.05, 4.69) is 15.5 Å². The van der Waals surface area contributed by atoms with Crippen molar-refractivity contribution in [2.75, 3.05) is 13.1 Å². The summed E-state index contributed by atoms with van der Waals surface area (Å²) in [6, 6.07) is 14.2. The van der Waals surface area contributed by atoms with Gasteiger partial charge in [-0.05, 0) is 49.6 Å². The van der Waals surface area contributed by atoms with Gasteiger partial charge in [0.15, 0.2) is 0 Å². The van der Waals surface area contributed by atoms with Crippen LogP contribution in [0.5, 0.6) is 0 Å². The van der Waals surface area contributed by atoms with E-state index < -0.39 is 10.0 Å². The fourth-order valence-electron chi connectivity index (χ4n) is 3.48. The number of nitrogens with zero attached hydrogens (tertiary/aromatic N) is 4. The number of nitrogens with one attached hydrogen (secondary N) is 1. The Kier molecular flexibility index (Phi) is 5.65. The van der Waals surface area contributed by atoms with Crippen molar-refractivity contribution < 1.29 is 13.2 Å². The van der Waals surface area contributed by atoms with Gasteiger partial charge >= 0.3 is 0 Å². The second-order valence-electron chi connectivity index (χ2n) is 7.23. The molecule has 1 aliphatic heterocycles. The zero-order valence-electron chi connectivity index (χ0n) is 16.7. The van der Waals surface area contributed by atoms with Crippen molar-refractivity contribution in [1.29, 1.82) is 0 Å². The van der Waals surface area contributed by atoms with E-state index in [9.17, 15) is 13.2 Å². The van der Waals surface area contributed by atoms with E-state index in [0.29, 0.717) is 18.8 Å². The number of benzene rings is 2. The lowest BCUT2D eigenvalue weighted by Crippen LogP contribution is -2.27. The summed E-state index contributed by atoms with van der Waals surface area (Å²) in [5.74, 6) is -0.272. The van der Waals surface area contributed by atoms with E-state index in [0.717, 1.165) is 29.4 Å². The van der Waals surface area contributed by atoms with Crippen molar-refractivity contribution in [2.24, 2.45) is 5.10 Å². The molecule has 9 heteroatoms. The Morgan fingerprint density at radius 1 is 1.10 bits per heavy atom. The van der Waals surface area contributed by atoms with Crippen molar-refractivity contribution in [3.63, 3.8) is 0 Å². The van der Waals surface area contributed by atoms with Gasteiger partial charge in [0.2, 0.25) is 10.0 Å². The first-order chi connectivity index (χ1) is 14.4. The molecule has 156 valence electrons. The maximum Gasteiger partial charge on any atom is 0.260 e. The number of imidazole rings is 1. The molecule has 3 aromatic rings. The van der Waals surface area contributed by atoms with Crippen LogP contribution in [0.3, 0.4) is 0 Å². The molecular weight excluding hydrogens is 402 g/mol. The van der Waals surface area contributed by atoms with Crippen LogP contribution in [0.25, 0.3) is 11.0 Å². The first-order valence-corrected chi connectivity index (χ1v) is 11.2. The summed E-state index contributed by atoms with van der Waals surface area (Å²) in [6.07, 6.45) is 3.43. The highest BCUT2D eigenvalue weighted by Gasteiger charge is 2.26. The molecular formula is C21H23N5O3S. The van der Waals surface area contributed by atoms with E-state index in [4.69, 9.17) is 0 Å². The zero-order chi connectivity index (χ0) is 21.1. The van der Waals surface area contributed by atoms with Crippen LogP contribution in [0.15, 0.2) is 64.9 Å². The molecule has 4 rings (SSSR count). The molecule has 8 nitrogen and oxygen atoms in total. The fraction of sp³-hybridized carbons (Fsp3) is 0.286. The molecule has 0 aliphatic carbocycles. The number of sulfonamides is 1. The van der Waals surface area contributed by atoms with E-state index in [1.165, 1.54) is 4.31 Å². The molecule has 1 N–H and O–H groups in total. The zero-order valence-corrected chi connectivity index (χ0v) is 17.5. The number of hydrogen-bond acceptors (Lipinski definition) is 5. The largest absolute Gasteiger partial charge is 0.321 e. The van der Waals surface area contributed by atoms with Crippen molar-refractivity contribution >= 4 is 32.7 Å². The molecule has 2 heterocycles. The highest BCUT2D eigenvalue weighted by Crippen LogP contribution is 2.21. The predicted molar refractivity (Wildman–Crippen MR) is 115 cm³/mol. The number of rotatable bonds is 6. The average Bonchev–Trinajstić information content (AvgIpc) is 3.43. The van der Waals surface area contributed by atoms with E-state index in [-0.39, 0.29) is 17.3 Å². The molecule has 0 saturated carbocycles. The summed E-state index contributed by atoms with van der Waals surface area (Å²) in [7, 11) is -3.44. The Hall–Kier alpha value is -3.04. The standard InChI is InChI=1S/C21H23N5O3S/c1-16(17-8-10-18(11-9-17)30(28,29)26-12-4-5-13-26)23-24-21(27)14-25-15-22-19-6-2-3-7-20(19)25/h2-3,6-11,15H,4-5,12-14H2,1H3,(H,24,27)/b23-16+. The van der Waals surface area contributed by atoms with Crippen LogP contribution in [0.4, 0.5) is 0 Å². The van der Waals surface area contributed by atoms with E-state index in [1.807, 2.05) is 24.3 Å². The second-order valence-corrected chi connectivity index (χ2v) is 9.17. The second kappa shape index (κ2) is 8.37. The Balaban J connectivity index is 1.41. The highest BCUT2D eigenvalue weighted by molar-refractivity contribution is 7.89. The molecule has 0 radical (unpaired) electrons. The summed E-state index contributed by atoms with van der Waals surface area (Å²) < 4.78 is 28.5. The normalized spacial score (nSPS) is 15.6. The maximum absolute atomic E-state index is 12.6. The molecule has 2 aromatic carbocycles. The molecule has 1 aliphatic rings. The Morgan fingerprint density at radius 3 is 2.53 bits per heavy atom. The number of aromatic nitrogens is 2. The number of fused-ring (bicyclic) bond motifs is 1. The maximum atomic E-state index is 12.6. The van der Waals surface area contributed by atoms with Crippen molar-refractivity contribution in [1.82, 2.24) is 19.3 Å². The van der Waals surface area contributed by atoms with Crippen molar-refractivity contribution in [3.8, 4) is 0 Å². The molecule has 0 bridgehead atoms. The third kappa shape index (κ3) is 4.12. The van der Waals surface area contributed by atoms with Crippen molar-refractivity contribution in [3.05, 3.63) is 60.4 Å². The molecule has 0 atom stereocenters. The topological polar surface area (TPSA) is 96.7 Å². The summed E-state index contributed by atoms with van der Waals surface area (Å²) >= 11 is 0. The fourth-order valence-corrected chi connectivity index (χ4v) is 5.00. The summed E-state index contributed by atoms with van der Waals surface area (Å²) in [6.45, 7) is 3.01. The minimum atomic E-state index is -3.44. The quantitative estimate of drug-likeness (QED) is 0.484. The van der Waals surface area contributed by atoms with E-state index >= 15 is 0 Å². The monoisotopic (exact) mass is 425 g/mol. The summed E-state index contributed by atoms with van der Waals surface area (Å²) in [5.41, 5.74) is 5.58. The van der Waals surface area contributed by atoms with Crippen LogP contribution in [0.2, 0.25) is 0 Å². The van der Waals surface area contributed by atoms with Crippen molar-refractivity contribution in [2.45, 2.75) is 31.2 Å². The van der Waals surface area contributed by atoms with Gasteiger partial charge in [-0.2, -0.15) is 9.41 Å². The molecule has 1 saturated heterocycles. The van der Waals surface area contributed by atoms with Crippen LogP contribution in [0.1, 0.15) is 25.3 Å².